The summed E-state index contributed by atoms with van der Waals surface area (Å²) < 4.78 is 0. The van der Waals surface area contributed by atoms with Crippen molar-refractivity contribution in [1.82, 2.24) is 19.9 Å². The minimum atomic E-state index is -0.0856. The summed E-state index contributed by atoms with van der Waals surface area (Å²) in [5.74, 6) is 1.95. The van der Waals surface area contributed by atoms with E-state index in [2.05, 4.69) is 135 Å². The lowest BCUT2D eigenvalue weighted by Gasteiger charge is -2.35. The Hall–Kier alpha value is -7.04. The van der Waals surface area contributed by atoms with Crippen LogP contribution in [0.1, 0.15) is 25.0 Å². The quantitative estimate of drug-likeness (QED) is 0.173. The first-order chi connectivity index (χ1) is 27.0. The van der Waals surface area contributed by atoms with Gasteiger partial charge >= 0.3 is 0 Å². The largest absolute Gasteiger partial charge is 0.248 e. The average Bonchev–Trinajstić information content (AvgIpc) is 3.26. The zero-order chi connectivity index (χ0) is 36.9. The van der Waals surface area contributed by atoms with E-state index in [0.717, 1.165) is 55.7 Å². The Labute approximate surface area is 320 Å². The second kappa shape index (κ2) is 13.1. The molecule has 1 aliphatic rings. The second-order valence-corrected chi connectivity index (χ2v) is 14.7. The van der Waals surface area contributed by atoms with Gasteiger partial charge in [-0.25, -0.2) is 19.9 Å². The van der Waals surface area contributed by atoms with Crippen molar-refractivity contribution in [3.8, 4) is 78.8 Å². The molecule has 260 valence electrons. The summed E-state index contributed by atoms with van der Waals surface area (Å²) in [6.45, 7) is 4.64. The molecule has 4 nitrogen and oxygen atoms in total. The standard InChI is InChI=1S/C51H36N4/c1-51(2)43-20-10-9-19-41(43)42-32-46(52-45-22-12-21-44(51)47(42)45)35-27-23-33(24-28-35)39-17-11-18-40(31-39)34-25-29-38(30-26-34)50-54-48(36-13-5-3-6-14-36)53-49(55-50)37-15-7-4-8-16-37/h3-32H,1-2H3. The highest BCUT2D eigenvalue weighted by Gasteiger charge is 2.33. The monoisotopic (exact) mass is 704 g/mol. The van der Waals surface area contributed by atoms with Crippen LogP contribution in [0, 0.1) is 0 Å². The predicted molar refractivity (Wildman–Crippen MR) is 225 cm³/mol. The Bertz CT molecular complexity index is 2800. The van der Waals surface area contributed by atoms with Crippen molar-refractivity contribution in [3.05, 3.63) is 193 Å². The summed E-state index contributed by atoms with van der Waals surface area (Å²) >= 11 is 0. The molecule has 0 unspecified atom stereocenters. The zero-order valence-corrected chi connectivity index (χ0v) is 30.6. The molecule has 0 saturated carbocycles. The van der Waals surface area contributed by atoms with Gasteiger partial charge in [0.1, 0.15) is 0 Å². The second-order valence-electron chi connectivity index (χ2n) is 14.7. The maximum atomic E-state index is 5.20. The fourth-order valence-electron chi connectivity index (χ4n) is 8.04. The number of hydrogen-bond donors (Lipinski definition) is 0. The zero-order valence-electron chi connectivity index (χ0n) is 30.6. The van der Waals surface area contributed by atoms with Crippen molar-refractivity contribution < 1.29 is 0 Å². The SMILES string of the molecule is CC1(C)c2ccccc2-c2cc(-c3ccc(-c4cccc(-c5ccc(-c6nc(-c7ccccc7)nc(-c7ccccc7)n6)cc5)c4)cc3)nc3cccc1c23. The molecule has 0 spiro atoms. The van der Waals surface area contributed by atoms with Gasteiger partial charge in [-0.05, 0) is 62.7 Å². The van der Waals surface area contributed by atoms with E-state index in [1.54, 1.807) is 0 Å². The maximum Gasteiger partial charge on any atom is 0.164 e. The van der Waals surface area contributed by atoms with Crippen molar-refractivity contribution in [1.29, 1.82) is 0 Å². The predicted octanol–water partition coefficient (Wildman–Crippen LogP) is 12.7. The highest BCUT2D eigenvalue weighted by Crippen LogP contribution is 2.49. The van der Waals surface area contributed by atoms with Crippen LogP contribution in [0.25, 0.3) is 89.7 Å². The van der Waals surface area contributed by atoms with Crippen LogP contribution in [0.5, 0.6) is 0 Å². The lowest BCUT2D eigenvalue weighted by molar-refractivity contribution is 0.645. The van der Waals surface area contributed by atoms with E-state index in [1.807, 2.05) is 60.7 Å². The summed E-state index contributed by atoms with van der Waals surface area (Å²) in [5, 5.41) is 1.26. The normalized spacial score (nSPS) is 12.7. The third kappa shape index (κ3) is 5.80. The fourth-order valence-corrected chi connectivity index (χ4v) is 8.04. The Morgan fingerprint density at radius 1 is 0.327 bits per heavy atom. The molecule has 0 amide bonds. The summed E-state index contributed by atoms with van der Waals surface area (Å²) in [4.78, 5) is 19.8. The van der Waals surface area contributed by atoms with E-state index in [0.29, 0.717) is 17.5 Å². The molecule has 9 aromatic rings. The molecule has 0 atom stereocenters. The third-order valence-electron chi connectivity index (χ3n) is 11.0. The molecule has 4 heteroatoms. The van der Waals surface area contributed by atoms with Gasteiger partial charge in [0.15, 0.2) is 17.5 Å². The summed E-state index contributed by atoms with van der Waals surface area (Å²) in [7, 11) is 0. The van der Waals surface area contributed by atoms with Gasteiger partial charge < -0.3 is 0 Å². The van der Waals surface area contributed by atoms with Crippen molar-refractivity contribution in [2.45, 2.75) is 19.3 Å². The van der Waals surface area contributed by atoms with E-state index in [-0.39, 0.29) is 5.41 Å². The van der Waals surface area contributed by atoms with Crippen LogP contribution in [-0.2, 0) is 5.41 Å². The average molecular weight is 705 g/mol. The highest BCUT2D eigenvalue weighted by atomic mass is 15.0. The van der Waals surface area contributed by atoms with Gasteiger partial charge in [0.25, 0.3) is 0 Å². The number of nitrogens with zero attached hydrogens (tertiary/aromatic N) is 4. The smallest absolute Gasteiger partial charge is 0.164 e. The summed E-state index contributed by atoms with van der Waals surface area (Å²) in [6, 6.07) is 63.8. The molecule has 55 heavy (non-hydrogen) atoms. The Morgan fingerprint density at radius 3 is 1.38 bits per heavy atom. The molecular formula is C51H36N4. The molecule has 0 saturated heterocycles. The molecule has 2 heterocycles. The van der Waals surface area contributed by atoms with Gasteiger partial charge in [0.2, 0.25) is 0 Å². The molecule has 0 radical (unpaired) electrons. The first kappa shape index (κ1) is 32.6. The van der Waals surface area contributed by atoms with Crippen molar-refractivity contribution >= 4 is 10.9 Å². The van der Waals surface area contributed by atoms with E-state index < -0.39 is 0 Å². The van der Waals surface area contributed by atoms with Crippen LogP contribution < -0.4 is 0 Å². The molecule has 0 N–H and O–H groups in total. The molecular weight excluding hydrogens is 669 g/mol. The Balaban J connectivity index is 0.953. The molecule has 0 aliphatic heterocycles. The summed E-state index contributed by atoms with van der Waals surface area (Å²) in [6.07, 6.45) is 0. The van der Waals surface area contributed by atoms with Crippen LogP contribution in [-0.4, -0.2) is 19.9 Å². The van der Waals surface area contributed by atoms with Crippen LogP contribution in [0.4, 0.5) is 0 Å². The number of benzene rings is 7. The highest BCUT2D eigenvalue weighted by molar-refractivity contribution is 6.03. The number of hydrogen-bond acceptors (Lipinski definition) is 4. The molecule has 1 aliphatic carbocycles. The van der Waals surface area contributed by atoms with Gasteiger partial charge in [0.05, 0.1) is 11.2 Å². The van der Waals surface area contributed by atoms with Gasteiger partial charge in [-0.2, -0.15) is 0 Å². The van der Waals surface area contributed by atoms with Crippen molar-refractivity contribution in [2.24, 2.45) is 0 Å². The lowest BCUT2D eigenvalue weighted by Crippen LogP contribution is -2.23. The van der Waals surface area contributed by atoms with Gasteiger partial charge in [-0.1, -0.05) is 178 Å². The lowest BCUT2D eigenvalue weighted by atomic mass is 9.69. The number of fused-ring (bicyclic) bond motifs is 2. The minimum absolute atomic E-state index is 0.0856. The maximum absolute atomic E-state index is 5.20. The fraction of sp³-hybridized carbons (Fsp3) is 0.0588. The van der Waals surface area contributed by atoms with Gasteiger partial charge in [-0.15, -0.1) is 0 Å². The van der Waals surface area contributed by atoms with Crippen molar-refractivity contribution in [2.75, 3.05) is 0 Å². The minimum Gasteiger partial charge on any atom is -0.248 e. The van der Waals surface area contributed by atoms with Gasteiger partial charge in [-0.3, -0.25) is 0 Å². The molecule has 2 aromatic heterocycles. The van der Waals surface area contributed by atoms with E-state index >= 15 is 0 Å². The topological polar surface area (TPSA) is 51.6 Å². The van der Waals surface area contributed by atoms with Crippen LogP contribution in [0.3, 0.4) is 0 Å². The van der Waals surface area contributed by atoms with Crippen LogP contribution in [0.2, 0.25) is 0 Å². The Kier molecular flexibility index (Phi) is 7.77. The Morgan fingerprint density at radius 2 is 0.782 bits per heavy atom. The summed E-state index contributed by atoms with van der Waals surface area (Å²) in [5.41, 5.74) is 15.7. The molecule has 7 aromatic carbocycles. The van der Waals surface area contributed by atoms with E-state index in [9.17, 15) is 0 Å². The number of pyridine rings is 1. The molecule has 0 fully saturated rings. The van der Waals surface area contributed by atoms with E-state index in [1.165, 1.54) is 27.6 Å². The first-order valence-electron chi connectivity index (χ1n) is 18.7. The van der Waals surface area contributed by atoms with E-state index in [4.69, 9.17) is 19.9 Å². The number of rotatable bonds is 6. The molecule has 10 rings (SSSR count). The molecule has 0 bridgehead atoms. The van der Waals surface area contributed by atoms with Crippen LogP contribution in [0.15, 0.2) is 182 Å². The van der Waals surface area contributed by atoms with Crippen molar-refractivity contribution in [3.63, 3.8) is 0 Å². The third-order valence-corrected chi connectivity index (χ3v) is 11.0. The first-order valence-corrected chi connectivity index (χ1v) is 18.7. The van der Waals surface area contributed by atoms with Crippen LogP contribution >= 0.6 is 0 Å². The van der Waals surface area contributed by atoms with Gasteiger partial charge in [0, 0.05) is 33.1 Å². The number of aromatic nitrogens is 4.